The van der Waals surface area contributed by atoms with Crippen LogP contribution in [0.15, 0.2) is 42.5 Å². The van der Waals surface area contributed by atoms with E-state index in [2.05, 4.69) is 26.0 Å². The van der Waals surface area contributed by atoms with E-state index < -0.39 is 0 Å². The third-order valence-corrected chi connectivity index (χ3v) is 2.91. The van der Waals surface area contributed by atoms with Crippen LogP contribution < -0.4 is 0 Å². The summed E-state index contributed by atoms with van der Waals surface area (Å²) in [6.45, 7) is 6.74. The van der Waals surface area contributed by atoms with Gasteiger partial charge in [0.15, 0.2) is 0 Å². The first kappa shape index (κ1) is 13.5. The molecule has 0 aliphatic carbocycles. The Balaban J connectivity index is 2.81. The lowest BCUT2D eigenvalue weighted by Gasteiger charge is -2.27. The second kappa shape index (κ2) is 6.89. The first-order valence-electron chi connectivity index (χ1n) is 6.16. The number of amides is 1. The van der Waals surface area contributed by atoms with Crippen molar-refractivity contribution in [1.82, 2.24) is 4.90 Å². The summed E-state index contributed by atoms with van der Waals surface area (Å²) in [4.78, 5) is 13.9. The molecule has 1 aromatic carbocycles. The maximum Gasteiger partial charge on any atom is 0.246 e. The quantitative estimate of drug-likeness (QED) is 0.711. The molecule has 0 saturated carbocycles. The van der Waals surface area contributed by atoms with Crippen LogP contribution in [0, 0.1) is 0 Å². The van der Waals surface area contributed by atoms with E-state index in [0.717, 1.165) is 6.42 Å². The molecule has 1 aromatic rings. The molecule has 0 aliphatic rings. The molecule has 92 valence electrons. The van der Waals surface area contributed by atoms with E-state index >= 15 is 0 Å². The summed E-state index contributed by atoms with van der Waals surface area (Å²) < 4.78 is 0. The Morgan fingerprint density at radius 3 is 2.53 bits per heavy atom. The van der Waals surface area contributed by atoms with Gasteiger partial charge in [-0.05, 0) is 31.9 Å². The molecule has 1 unspecified atom stereocenters. The Bertz CT molecular complexity index is 370. The predicted molar refractivity (Wildman–Crippen MR) is 71.6 cm³/mol. The normalized spacial score (nSPS) is 12.6. The van der Waals surface area contributed by atoms with Crippen LogP contribution in [-0.4, -0.2) is 16.8 Å². The average molecular weight is 231 g/mol. The van der Waals surface area contributed by atoms with E-state index in [0.29, 0.717) is 6.54 Å². The van der Waals surface area contributed by atoms with Gasteiger partial charge in [0.05, 0.1) is 0 Å². The summed E-state index contributed by atoms with van der Waals surface area (Å²) in [7, 11) is 0. The number of benzene rings is 1. The van der Waals surface area contributed by atoms with Crippen molar-refractivity contribution < 1.29 is 4.79 Å². The van der Waals surface area contributed by atoms with Gasteiger partial charge in [-0.15, -0.1) is 0 Å². The van der Waals surface area contributed by atoms with Crippen LogP contribution in [0.3, 0.4) is 0 Å². The summed E-state index contributed by atoms with van der Waals surface area (Å²) in [5.74, 6) is 0.0886. The van der Waals surface area contributed by atoms with Gasteiger partial charge in [-0.1, -0.05) is 43.3 Å². The zero-order valence-electron chi connectivity index (χ0n) is 10.9. The Morgan fingerprint density at radius 2 is 2.00 bits per heavy atom. The van der Waals surface area contributed by atoms with Crippen molar-refractivity contribution in [3.63, 3.8) is 0 Å². The van der Waals surface area contributed by atoms with E-state index in [4.69, 9.17) is 0 Å². The minimum absolute atomic E-state index is 0.0886. The second-order valence-corrected chi connectivity index (χ2v) is 4.21. The molecule has 0 radical (unpaired) electrons. The number of carbonyl (C=O) groups excluding carboxylic acids is 1. The monoisotopic (exact) mass is 231 g/mol. The van der Waals surface area contributed by atoms with Gasteiger partial charge in [0.25, 0.3) is 0 Å². The van der Waals surface area contributed by atoms with E-state index in [1.165, 1.54) is 5.56 Å². The van der Waals surface area contributed by atoms with Crippen LogP contribution in [-0.2, 0) is 11.3 Å². The lowest BCUT2D eigenvalue weighted by molar-refractivity contribution is -0.128. The van der Waals surface area contributed by atoms with Crippen LogP contribution in [0.2, 0.25) is 0 Å². The van der Waals surface area contributed by atoms with Crippen LogP contribution in [0.1, 0.15) is 32.8 Å². The molecule has 2 nitrogen and oxygen atoms in total. The minimum Gasteiger partial charge on any atom is -0.332 e. The molecule has 1 atom stereocenters. The van der Waals surface area contributed by atoms with Gasteiger partial charge in [0.2, 0.25) is 5.91 Å². The van der Waals surface area contributed by atoms with Gasteiger partial charge in [-0.2, -0.15) is 0 Å². The SMILES string of the molecule is CC=CC(=O)N(Cc1ccccc1)C(C)CC. The highest BCUT2D eigenvalue weighted by Gasteiger charge is 2.16. The molecule has 0 aromatic heterocycles. The largest absolute Gasteiger partial charge is 0.332 e. The number of rotatable bonds is 5. The zero-order chi connectivity index (χ0) is 12.7. The average Bonchev–Trinajstić information content (AvgIpc) is 2.36. The van der Waals surface area contributed by atoms with Gasteiger partial charge in [0, 0.05) is 12.6 Å². The smallest absolute Gasteiger partial charge is 0.246 e. The summed E-state index contributed by atoms with van der Waals surface area (Å²) in [5, 5.41) is 0. The number of allylic oxidation sites excluding steroid dienone is 1. The van der Waals surface area contributed by atoms with Crippen molar-refractivity contribution in [2.75, 3.05) is 0 Å². The van der Waals surface area contributed by atoms with Gasteiger partial charge >= 0.3 is 0 Å². The predicted octanol–water partition coefficient (Wildman–Crippen LogP) is 3.39. The molecule has 0 aliphatic heterocycles. The molecule has 0 spiro atoms. The highest BCUT2D eigenvalue weighted by molar-refractivity contribution is 5.87. The number of carbonyl (C=O) groups is 1. The molecular formula is C15H21NO. The van der Waals surface area contributed by atoms with Crippen LogP contribution in [0.5, 0.6) is 0 Å². The Morgan fingerprint density at radius 1 is 1.35 bits per heavy atom. The number of hydrogen-bond acceptors (Lipinski definition) is 1. The maximum absolute atomic E-state index is 12.0. The Hall–Kier alpha value is -1.57. The van der Waals surface area contributed by atoms with Crippen molar-refractivity contribution in [2.45, 2.75) is 39.8 Å². The number of nitrogens with zero attached hydrogens (tertiary/aromatic N) is 1. The lowest BCUT2D eigenvalue weighted by Crippen LogP contribution is -2.36. The van der Waals surface area contributed by atoms with E-state index in [1.807, 2.05) is 30.0 Å². The van der Waals surface area contributed by atoms with Crippen molar-refractivity contribution in [3.8, 4) is 0 Å². The van der Waals surface area contributed by atoms with Gasteiger partial charge in [-0.3, -0.25) is 4.79 Å². The van der Waals surface area contributed by atoms with Gasteiger partial charge < -0.3 is 4.90 Å². The molecule has 1 amide bonds. The third-order valence-electron chi connectivity index (χ3n) is 2.91. The summed E-state index contributed by atoms with van der Waals surface area (Å²) in [6.07, 6.45) is 4.40. The minimum atomic E-state index is 0.0886. The van der Waals surface area contributed by atoms with E-state index in [1.54, 1.807) is 12.2 Å². The Kier molecular flexibility index (Phi) is 5.47. The molecule has 0 saturated heterocycles. The molecule has 0 N–H and O–H groups in total. The second-order valence-electron chi connectivity index (χ2n) is 4.21. The molecule has 0 heterocycles. The molecule has 17 heavy (non-hydrogen) atoms. The summed E-state index contributed by atoms with van der Waals surface area (Å²) in [5.41, 5.74) is 1.17. The van der Waals surface area contributed by atoms with Crippen molar-refractivity contribution in [3.05, 3.63) is 48.0 Å². The summed E-state index contributed by atoms with van der Waals surface area (Å²) in [6, 6.07) is 10.4. The van der Waals surface area contributed by atoms with E-state index in [-0.39, 0.29) is 11.9 Å². The molecular weight excluding hydrogens is 210 g/mol. The first-order chi connectivity index (χ1) is 8.19. The molecule has 0 fully saturated rings. The van der Waals surface area contributed by atoms with Crippen LogP contribution in [0.4, 0.5) is 0 Å². The highest BCUT2D eigenvalue weighted by Crippen LogP contribution is 2.11. The van der Waals surface area contributed by atoms with Crippen molar-refractivity contribution in [1.29, 1.82) is 0 Å². The first-order valence-corrected chi connectivity index (χ1v) is 6.16. The summed E-state index contributed by atoms with van der Waals surface area (Å²) >= 11 is 0. The van der Waals surface area contributed by atoms with E-state index in [9.17, 15) is 4.79 Å². The number of hydrogen-bond donors (Lipinski definition) is 0. The third kappa shape index (κ3) is 4.06. The molecule has 1 rings (SSSR count). The molecule has 2 heteroatoms. The van der Waals surface area contributed by atoms with Gasteiger partial charge in [0.1, 0.15) is 0 Å². The van der Waals surface area contributed by atoms with Crippen LogP contribution >= 0.6 is 0 Å². The standard InChI is InChI=1S/C15H21NO/c1-4-9-15(17)16(13(3)5-2)12-14-10-7-6-8-11-14/h4,6-11,13H,5,12H2,1-3H3. The van der Waals surface area contributed by atoms with Crippen molar-refractivity contribution >= 4 is 5.91 Å². The Labute approximate surface area is 104 Å². The fourth-order valence-corrected chi connectivity index (χ4v) is 1.69. The van der Waals surface area contributed by atoms with Gasteiger partial charge in [-0.25, -0.2) is 0 Å². The fraction of sp³-hybridized carbons (Fsp3) is 0.400. The van der Waals surface area contributed by atoms with Crippen LogP contribution in [0.25, 0.3) is 0 Å². The zero-order valence-corrected chi connectivity index (χ0v) is 10.9. The molecule has 0 bridgehead atoms. The lowest BCUT2D eigenvalue weighted by atomic mass is 10.1. The van der Waals surface area contributed by atoms with Crippen molar-refractivity contribution in [2.24, 2.45) is 0 Å². The maximum atomic E-state index is 12.0. The fourth-order valence-electron chi connectivity index (χ4n) is 1.69. The topological polar surface area (TPSA) is 20.3 Å². The highest BCUT2D eigenvalue weighted by atomic mass is 16.2.